The SMILES string of the molecule is O=c1ooc(=O)o1.c1ccccc1. The third kappa shape index (κ3) is 3.76. The molecular formula is C8H6O5. The van der Waals surface area contributed by atoms with E-state index in [-0.39, 0.29) is 0 Å². The maximum atomic E-state index is 9.66. The lowest BCUT2D eigenvalue weighted by Gasteiger charge is -1.69. The Labute approximate surface area is 72.1 Å². The summed E-state index contributed by atoms with van der Waals surface area (Å²) in [5.74, 6) is -2.24. The Morgan fingerprint density at radius 1 is 0.692 bits per heavy atom. The second kappa shape index (κ2) is 4.76. The van der Waals surface area contributed by atoms with Crippen LogP contribution in [0, 0.1) is 0 Å². The molecule has 0 saturated carbocycles. The molecule has 0 saturated heterocycles. The van der Waals surface area contributed by atoms with E-state index in [4.69, 9.17) is 0 Å². The fraction of sp³-hybridized carbons (Fsp3) is 0. The Kier molecular flexibility index (Phi) is 3.31. The first-order valence-corrected chi connectivity index (χ1v) is 3.39. The molecule has 1 heterocycles. The standard InChI is InChI=1S/C6H6.C2O5/c1-2-4-6-5-3-1;3-1-5-2(4)7-6-1/h1-6H;. The van der Waals surface area contributed by atoms with Crippen LogP contribution >= 0.6 is 0 Å². The van der Waals surface area contributed by atoms with Crippen LogP contribution in [-0.4, -0.2) is 0 Å². The Hall–Kier alpha value is -2.04. The molecular weight excluding hydrogens is 176 g/mol. The van der Waals surface area contributed by atoms with Crippen LogP contribution in [0.4, 0.5) is 0 Å². The zero-order valence-electron chi connectivity index (χ0n) is 6.51. The average Bonchev–Trinajstić information content (AvgIpc) is 2.54. The predicted octanol–water partition coefficient (Wildman–Crippen LogP) is 0.873. The van der Waals surface area contributed by atoms with Gasteiger partial charge in [-0.15, -0.1) is 0 Å². The molecule has 0 fully saturated rings. The van der Waals surface area contributed by atoms with Crippen molar-refractivity contribution in [1.82, 2.24) is 0 Å². The van der Waals surface area contributed by atoms with Crippen LogP contribution in [0.15, 0.2) is 59.6 Å². The van der Waals surface area contributed by atoms with E-state index < -0.39 is 11.6 Å². The van der Waals surface area contributed by atoms with E-state index in [2.05, 4.69) is 13.6 Å². The molecule has 1 aromatic heterocycles. The van der Waals surface area contributed by atoms with Crippen molar-refractivity contribution >= 4 is 0 Å². The second-order valence-electron chi connectivity index (χ2n) is 1.92. The van der Waals surface area contributed by atoms with Crippen LogP contribution in [0.5, 0.6) is 0 Å². The van der Waals surface area contributed by atoms with Gasteiger partial charge in [0.25, 0.3) is 0 Å². The van der Waals surface area contributed by atoms with Gasteiger partial charge in [0, 0.05) is 0 Å². The highest BCUT2D eigenvalue weighted by Gasteiger charge is 1.91. The average molecular weight is 182 g/mol. The van der Waals surface area contributed by atoms with E-state index in [1.165, 1.54) is 0 Å². The summed E-state index contributed by atoms with van der Waals surface area (Å²) in [6, 6.07) is 12.0. The molecule has 0 radical (unpaired) electrons. The topological polar surface area (TPSA) is 73.6 Å². The molecule has 0 amide bonds. The van der Waals surface area contributed by atoms with Crippen molar-refractivity contribution < 1.29 is 13.6 Å². The highest BCUT2D eigenvalue weighted by Crippen LogP contribution is 1.79. The molecule has 13 heavy (non-hydrogen) atoms. The molecule has 5 heteroatoms. The van der Waals surface area contributed by atoms with Crippen molar-refractivity contribution in [1.29, 1.82) is 0 Å². The van der Waals surface area contributed by atoms with E-state index in [9.17, 15) is 9.59 Å². The molecule has 5 nitrogen and oxygen atoms in total. The van der Waals surface area contributed by atoms with E-state index >= 15 is 0 Å². The lowest BCUT2D eigenvalue weighted by atomic mass is 10.4. The Bertz CT molecular complexity index is 370. The van der Waals surface area contributed by atoms with Gasteiger partial charge in [-0.2, -0.15) is 18.7 Å². The smallest absolute Gasteiger partial charge is 0.322 e. The summed E-state index contributed by atoms with van der Waals surface area (Å²) < 4.78 is 10.7. The first kappa shape index (κ1) is 9.05. The van der Waals surface area contributed by atoms with Crippen molar-refractivity contribution in [2.45, 2.75) is 0 Å². The minimum absolute atomic E-state index is 1.12. The predicted molar refractivity (Wildman–Crippen MR) is 42.2 cm³/mol. The molecule has 0 aliphatic heterocycles. The third-order valence-electron chi connectivity index (χ3n) is 1.01. The summed E-state index contributed by atoms with van der Waals surface area (Å²) in [4.78, 5) is 19.3. The van der Waals surface area contributed by atoms with E-state index in [0.717, 1.165) is 0 Å². The maximum absolute atomic E-state index is 9.66. The third-order valence-corrected chi connectivity index (χ3v) is 1.01. The summed E-state index contributed by atoms with van der Waals surface area (Å²) in [6.45, 7) is 0. The lowest BCUT2D eigenvalue weighted by Crippen LogP contribution is -1.93. The largest absolute Gasteiger partial charge is 0.560 e. The fourth-order valence-corrected chi connectivity index (χ4v) is 0.555. The van der Waals surface area contributed by atoms with E-state index in [1.54, 1.807) is 0 Å². The first-order chi connectivity index (χ1) is 6.29. The van der Waals surface area contributed by atoms with E-state index in [0.29, 0.717) is 0 Å². The molecule has 0 unspecified atom stereocenters. The van der Waals surface area contributed by atoms with Crippen molar-refractivity contribution in [3.05, 3.63) is 57.6 Å². The van der Waals surface area contributed by atoms with Crippen molar-refractivity contribution in [2.24, 2.45) is 0 Å². The first-order valence-electron chi connectivity index (χ1n) is 3.39. The second-order valence-corrected chi connectivity index (χ2v) is 1.92. The van der Waals surface area contributed by atoms with Gasteiger partial charge in [-0.05, 0) is 0 Å². The molecule has 0 atom stereocenters. The molecule has 0 bridgehead atoms. The van der Waals surface area contributed by atoms with Gasteiger partial charge >= 0.3 is 11.6 Å². The van der Waals surface area contributed by atoms with Gasteiger partial charge in [-0.1, -0.05) is 36.4 Å². The quantitative estimate of drug-likeness (QED) is 0.565. The Morgan fingerprint density at radius 2 is 1.00 bits per heavy atom. The van der Waals surface area contributed by atoms with Crippen LogP contribution in [0.25, 0.3) is 0 Å². The van der Waals surface area contributed by atoms with Crippen molar-refractivity contribution in [3.63, 3.8) is 0 Å². The van der Waals surface area contributed by atoms with Crippen LogP contribution in [0.3, 0.4) is 0 Å². The Balaban J connectivity index is 0.000000132. The van der Waals surface area contributed by atoms with Gasteiger partial charge in [0.15, 0.2) is 0 Å². The molecule has 0 spiro atoms. The minimum atomic E-state index is -1.12. The number of rotatable bonds is 0. The molecule has 0 aliphatic rings. The zero-order chi connectivity index (χ0) is 9.52. The summed E-state index contributed by atoms with van der Waals surface area (Å²) in [5, 5.41) is 0. The molecule has 0 aliphatic carbocycles. The molecule has 2 aromatic rings. The lowest BCUT2D eigenvalue weighted by molar-refractivity contribution is 0.0370. The number of benzene rings is 1. The summed E-state index contributed by atoms with van der Waals surface area (Å²) >= 11 is 0. The van der Waals surface area contributed by atoms with Gasteiger partial charge in [0.1, 0.15) is 0 Å². The van der Waals surface area contributed by atoms with Gasteiger partial charge in [-0.25, -0.2) is 0 Å². The monoisotopic (exact) mass is 182 g/mol. The summed E-state index contributed by atoms with van der Waals surface area (Å²) in [5.41, 5.74) is 0. The van der Waals surface area contributed by atoms with Gasteiger partial charge in [0.05, 0.1) is 0 Å². The highest BCUT2D eigenvalue weighted by molar-refractivity contribution is 4.99. The summed E-state index contributed by atoms with van der Waals surface area (Å²) in [6.07, 6.45) is 0. The van der Waals surface area contributed by atoms with Gasteiger partial charge in [0.2, 0.25) is 0 Å². The zero-order valence-corrected chi connectivity index (χ0v) is 6.51. The normalized spacial score (nSPS) is 8.62. The molecule has 1 aromatic carbocycles. The number of hydrogen-bond acceptors (Lipinski definition) is 5. The maximum Gasteiger partial charge on any atom is 0.560 e. The minimum Gasteiger partial charge on any atom is -0.322 e. The van der Waals surface area contributed by atoms with Crippen molar-refractivity contribution in [2.75, 3.05) is 0 Å². The van der Waals surface area contributed by atoms with E-state index in [1.807, 2.05) is 36.4 Å². The highest BCUT2D eigenvalue weighted by atomic mass is 17.0. The van der Waals surface area contributed by atoms with Gasteiger partial charge < -0.3 is 4.42 Å². The molecule has 0 N–H and O–H groups in total. The Morgan fingerprint density at radius 3 is 1.15 bits per heavy atom. The number of hydrogen-bond donors (Lipinski definition) is 0. The van der Waals surface area contributed by atoms with Crippen LogP contribution < -0.4 is 11.6 Å². The van der Waals surface area contributed by atoms with Crippen molar-refractivity contribution in [3.8, 4) is 0 Å². The van der Waals surface area contributed by atoms with Crippen LogP contribution in [-0.2, 0) is 0 Å². The molecule has 68 valence electrons. The fourth-order valence-electron chi connectivity index (χ4n) is 0.555. The van der Waals surface area contributed by atoms with Crippen LogP contribution in [0.2, 0.25) is 0 Å². The molecule has 2 rings (SSSR count). The summed E-state index contributed by atoms with van der Waals surface area (Å²) in [7, 11) is 0. The van der Waals surface area contributed by atoms with Gasteiger partial charge in [-0.3, -0.25) is 0 Å². The van der Waals surface area contributed by atoms with Crippen LogP contribution in [0.1, 0.15) is 0 Å².